The summed E-state index contributed by atoms with van der Waals surface area (Å²) in [7, 11) is 2.06. The zero-order valence-electron chi connectivity index (χ0n) is 14.2. The smallest absolute Gasteiger partial charge is 0.235 e. The highest BCUT2D eigenvalue weighted by Gasteiger charge is 2.50. The third kappa shape index (κ3) is 2.31. The predicted molar refractivity (Wildman–Crippen MR) is 92.8 cm³/mol. The first-order valence-electron chi connectivity index (χ1n) is 8.97. The lowest BCUT2D eigenvalue weighted by Crippen LogP contribution is -2.45. The van der Waals surface area contributed by atoms with Gasteiger partial charge in [-0.2, -0.15) is 0 Å². The van der Waals surface area contributed by atoms with E-state index < -0.39 is 0 Å². The van der Waals surface area contributed by atoms with Crippen molar-refractivity contribution in [1.82, 2.24) is 10.2 Å². The summed E-state index contributed by atoms with van der Waals surface area (Å²) in [4.78, 5) is 15.4. The number of likely N-dealkylation sites (N-methyl/N-ethyl adjacent to an activating group) is 1. The van der Waals surface area contributed by atoms with E-state index in [0.717, 1.165) is 37.9 Å². The number of rotatable bonds is 2. The molecule has 3 aliphatic rings. The number of carbonyl (C=O) groups is 1. The van der Waals surface area contributed by atoms with E-state index in [0.29, 0.717) is 12.1 Å². The van der Waals surface area contributed by atoms with E-state index in [2.05, 4.69) is 41.6 Å². The minimum absolute atomic E-state index is 0.231. The Morgan fingerprint density at radius 3 is 2.74 bits per heavy atom. The maximum absolute atomic E-state index is 12.8. The van der Waals surface area contributed by atoms with E-state index in [4.69, 9.17) is 0 Å². The molecule has 1 atom stereocenters. The summed E-state index contributed by atoms with van der Waals surface area (Å²) in [6.45, 7) is 4.51. The number of anilines is 1. The van der Waals surface area contributed by atoms with Crippen LogP contribution in [0.5, 0.6) is 0 Å². The van der Waals surface area contributed by atoms with Crippen molar-refractivity contribution in [3.05, 3.63) is 29.3 Å². The van der Waals surface area contributed by atoms with Crippen LogP contribution in [0.1, 0.15) is 43.2 Å². The second-order valence-electron chi connectivity index (χ2n) is 7.53. The number of amides is 1. The molecule has 4 nitrogen and oxygen atoms in total. The van der Waals surface area contributed by atoms with Crippen molar-refractivity contribution in [2.75, 3.05) is 25.5 Å². The van der Waals surface area contributed by atoms with Gasteiger partial charge in [0, 0.05) is 30.9 Å². The van der Waals surface area contributed by atoms with Gasteiger partial charge in [0.15, 0.2) is 0 Å². The van der Waals surface area contributed by atoms with Gasteiger partial charge in [0.1, 0.15) is 0 Å². The molecule has 2 aliphatic heterocycles. The minimum Gasteiger partial charge on any atom is -0.325 e. The van der Waals surface area contributed by atoms with Crippen LogP contribution in [0.3, 0.4) is 0 Å². The second kappa shape index (κ2) is 5.60. The van der Waals surface area contributed by atoms with Crippen LogP contribution < -0.4 is 10.6 Å². The molecule has 1 saturated carbocycles. The Hall–Kier alpha value is -1.39. The van der Waals surface area contributed by atoms with Gasteiger partial charge in [-0.05, 0) is 63.3 Å². The molecule has 1 amide bonds. The van der Waals surface area contributed by atoms with E-state index in [1.807, 2.05) is 6.07 Å². The summed E-state index contributed by atoms with van der Waals surface area (Å²) in [6, 6.07) is 7.54. The summed E-state index contributed by atoms with van der Waals surface area (Å²) in [5.74, 6) is 0.231. The Labute approximate surface area is 138 Å². The highest BCUT2D eigenvalue weighted by Crippen LogP contribution is 2.49. The molecule has 23 heavy (non-hydrogen) atoms. The maximum Gasteiger partial charge on any atom is 0.235 e. The maximum atomic E-state index is 12.8. The van der Waals surface area contributed by atoms with Crippen LogP contribution >= 0.6 is 0 Å². The predicted octanol–water partition coefficient (Wildman–Crippen LogP) is 2.42. The number of carbonyl (C=O) groups excluding carboxylic acids is 1. The van der Waals surface area contributed by atoms with Gasteiger partial charge in [-0.25, -0.2) is 0 Å². The molecule has 1 aromatic carbocycles. The van der Waals surface area contributed by atoms with Crippen LogP contribution in [-0.4, -0.2) is 43.0 Å². The summed E-state index contributed by atoms with van der Waals surface area (Å²) in [5.41, 5.74) is 3.32. The van der Waals surface area contributed by atoms with Crippen molar-refractivity contribution >= 4 is 11.6 Å². The molecule has 2 N–H and O–H groups in total. The SMILES string of the molecule is CNC1CCN(C2CCC3(CC2)C(=O)Nc2cccc(C)c23)C1. The van der Waals surface area contributed by atoms with Crippen molar-refractivity contribution in [3.63, 3.8) is 0 Å². The molecule has 4 rings (SSSR count). The average Bonchev–Trinajstić information content (AvgIpc) is 3.13. The normalized spacial score (nSPS) is 33.9. The molecule has 1 unspecified atom stereocenters. The third-order valence-electron chi connectivity index (χ3n) is 6.39. The van der Waals surface area contributed by atoms with E-state index in [1.165, 1.54) is 24.1 Å². The third-order valence-corrected chi connectivity index (χ3v) is 6.39. The topological polar surface area (TPSA) is 44.4 Å². The van der Waals surface area contributed by atoms with Crippen molar-refractivity contribution in [2.24, 2.45) is 0 Å². The van der Waals surface area contributed by atoms with Crippen LogP contribution in [0.25, 0.3) is 0 Å². The number of aryl methyl sites for hydroxylation is 1. The van der Waals surface area contributed by atoms with E-state index in [9.17, 15) is 4.79 Å². The fraction of sp³-hybridized carbons (Fsp3) is 0.632. The Kier molecular flexibility index (Phi) is 3.69. The van der Waals surface area contributed by atoms with Crippen molar-refractivity contribution in [3.8, 4) is 0 Å². The minimum atomic E-state index is -0.265. The molecule has 0 radical (unpaired) electrons. The molecule has 124 valence electrons. The van der Waals surface area contributed by atoms with Crippen LogP contribution in [0, 0.1) is 6.92 Å². The van der Waals surface area contributed by atoms with Crippen LogP contribution in [-0.2, 0) is 10.2 Å². The molecule has 1 aliphatic carbocycles. The zero-order valence-corrected chi connectivity index (χ0v) is 14.2. The largest absolute Gasteiger partial charge is 0.325 e. The number of hydrogen-bond acceptors (Lipinski definition) is 3. The number of fused-ring (bicyclic) bond motifs is 2. The molecule has 1 spiro atoms. The van der Waals surface area contributed by atoms with Crippen molar-refractivity contribution < 1.29 is 4.79 Å². The lowest BCUT2D eigenvalue weighted by atomic mass is 9.67. The Balaban J connectivity index is 1.53. The van der Waals surface area contributed by atoms with Gasteiger partial charge in [0.25, 0.3) is 0 Å². The van der Waals surface area contributed by atoms with Gasteiger partial charge in [0.2, 0.25) is 5.91 Å². The lowest BCUT2D eigenvalue weighted by molar-refractivity contribution is -0.122. The van der Waals surface area contributed by atoms with E-state index in [1.54, 1.807) is 0 Å². The molecule has 2 heterocycles. The fourth-order valence-electron chi connectivity index (χ4n) is 5.05. The van der Waals surface area contributed by atoms with Gasteiger partial charge in [0.05, 0.1) is 5.41 Å². The number of likely N-dealkylation sites (tertiary alicyclic amines) is 1. The monoisotopic (exact) mass is 313 g/mol. The molecule has 2 fully saturated rings. The number of benzene rings is 1. The van der Waals surface area contributed by atoms with Crippen LogP contribution in [0.2, 0.25) is 0 Å². The summed E-state index contributed by atoms with van der Waals surface area (Å²) in [5, 5.41) is 6.54. The molecule has 0 bridgehead atoms. The quantitative estimate of drug-likeness (QED) is 0.881. The van der Waals surface area contributed by atoms with Gasteiger partial charge >= 0.3 is 0 Å². The molecule has 4 heteroatoms. The van der Waals surface area contributed by atoms with E-state index in [-0.39, 0.29) is 11.3 Å². The van der Waals surface area contributed by atoms with Gasteiger partial charge in [-0.15, -0.1) is 0 Å². The van der Waals surface area contributed by atoms with Crippen LogP contribution in [0.15, 0.2) is 18.2 Å². The van der Waals surface area contributed by atoms with E-state index >= 15 is 0 Å². The zero-order chi connectivity index (χ0) is 16.0. The van der Waals surface area contributed by atoms with Crippen LogP contribution in [0.4, 0.5) is 5.69 Å². The molecule has 1 saturated heterocycles. The Bertz CT molecular complexity index is 619. The Morgan fingerprint density at radius 1 is 1.26 bits per heavy atom. The second-order valence-corrected chi connectivity index (χ2v) is 7.53. The summed E-state index contributed by atoms with van der Waals surface area (Å²) in [6.07, 6.45) is 5.50. The Morgan fingerprint density at radius 2 is 2.04 bits per heavy atom. The van der Waals surface area contributed by atoms with Crippen molar-refractivity contribution in [1.29, 1.82) is 0 Å². The first kappa shape index (κ1) is 15.2. The molecule has 0 aromatic heterocycles. The summed E-state index contributed by atoms with van der Waals surface area (Å²) >= 11 is 0. The molecular weight excluding hydrogens is 286 g/mol. The molecular formula is C19H27N3O. The van der Waals surface area contributed by atoms with Crippen molar-refractivity contribution in [2.45, 2.75) is 56.5 Å². The standard InChI is InChI=1S/C19H27N3O/c1-13-4-3-5-16-17(13)19(18(23)21-16)9-6-15(7-10-19)22-11-8-14(12-22)20-2/h3-5,14-15,20H,6-12H2,1-2H3,(H,21,23). The molecule has 1 aromatic rings. The first-order chi connectivity index (χ1) is 11.1. The average molecular weight is 313 g/mol. The highest BCUT2D eigenvalue weighted by molar-refractivity contribution is 6.06. The first-order valence-corrected chi connectivity index (χ1v) is 8.97. The fourth-order valence-corrected chi connectivity index (χ4v) is 5.05. The number of nitrogens with one attached hydrogen (secondary N) is 2. The number of nitrogens with zero attached hydrogens (tertiary/aromatic N) is 1. The number of hydrogen-bond donors (Lipinski definition) is 2. The van der Waals surface area contributed by atoms with Gasteiger partial charge in [-0.1, -0.05) is 12.1 Å². The van der Waals surface area contributed by atoms with Gasteiger partial charge in [-0.3, -0.25) is 9.69 Å². The lowest BCUT2D eigenvalue weighted by Gasteiger charge is -2.40. The highest BCUT2D eigenvalue weighted by atomic mass is 16.2. The van der Waals surface area contributed by atoms with Gasteiger partial charge < -0.3 is 10.6 Å². The summed E-state index contributed by atoms with van der Waals surface area (Å²) < 4.78 is 0.